The van der Waals surface area contributed by atoms with E-state index < -0.39 is 10.0 Å². The highest BCUT2D eigenvalue weighted by atomic mass is 32.2. The molecule has 3 nitrogen and oxygen atoms in total. The van der Waals surface area contributed by atoms with Crippen LogP contribution in [0.1, 0.15) is 49.8 Å². The minimum absolute atomic E-state index is 0.0869. The van der Waals surface area contributed by atoms with Gasteiger partial charge in [0.05, 0.1) is 4.90 Å². The Hall–Kier alpha value is -0.870. The Labute approximate surface area is 123 Å². The van der Waals surface area contributed by atoms with Gasteiger partial charge in [-0.25, -0.2) is 8.42 Å². The Bertz CT molecular complexity index is 574. The minimum Gasteiger partial charge on any atom is -0.207 e. The van der Waals surface area contributed by atoms with Crippen molar-refractivity contribution in [3.8, 4) is 0 Å². The second-order valence-electron chi connectivity index (χ2n) is 6.19. The summed E-state index contributed by atoms with van der Waals surface area (Å²) < 4.78 is 27.9. The van der Waals surface area contributed by atoms with Gasteiger partial charge in [0.25, 0.3) is 0 Å². The summed E-state index contributed by atoms with van der Waals surface area (Å²) in [5, 5.41) is 0. The second-order valence-corrected chi connectivity index (χ2v) is 7.97. The molecular weight excluding hydrogens is 270 g/mol. The van der Waals surface area contributed by atoms with Gasteiger partial charge in [0, 0.05) is 12.1 Å². The highest BCUT2D eigenvalue weighted by Crippen LogP contribution is 2.32. The molecule has 1 saturated heterocycles. The Balaban J connectivity index is 2.55. The molecule has 1 aliphatic heterocycles. The third kappa shape index (κ3) is 2.63. The molecule has 0 bridgehead atoms. The number of hydrogen-bond donors (Lipinski definition) is 0. The van der Waals surface area contributed by atoms with Crippen LogP contribution in [0.15, 0.2) is 17.0 Å². The molecule has 1 fully saturated rings. The van der Waals surface area contributed by atoms with Crippen molar-refractivity contribution in [1.29, 1.82) is 0 Å². The molecule has 112 valence electrons. The maximum absolute atomic E-state index is 13.1. The van der Waals surface area contributed by atoms with Gasteiger partial charge >= 0.3 is 0 Å². The van der Waals surface area contributed by atoms with E-state index >= 15 is 0 Å². The van der Waals surface area contributed by atoms with Crippen molar-refractivity contribution in [2.24, 2.45) is 0 Å². The standard InChI is InChI=1S/C16H25NO2S/c1-11-9-12(2)16(13(3)10-11)20(18,19)17-14(4)7-6-8-15(17)5/h9-10,14-15H,6-8H2,1-5H3. The SMILES string of the molecule is Cc1cc(C)c(S(=O)(=O)N2C(C)CCCC2C)c(C)c1. The van der Waals surface area contributed by atoms with E-state index in [0.717, 1.165) is 36.0 Å². The highest BCUT2D eigenvalue weighted by Gasteiger charge is 2.37. The molecule has 1 aromatic carbocycles. The summed E-state index contributed by atoms with van der Waals surface area (Å²) >= 11 is 0. The molecular formula is C16H25NO2S. The van der Waals surface area contributed by atoms with Crippen LogP contribution >= 0.6 is 0 Å². The zero-order chi connectivity index (χ0) is 15.1. The molecule has 4 heteroatoms. The summed E-state index contributed by atoms with van der Waals surface area (Å²) in [5.74, 6) is 0. The fraction of sp³-hybridized carbons (Fsp3) is 0.625. The van der Waals surface area contributed by atoms with Gasteiger partial charge in [-0.3, -0.25) is 0 Å². The maximum atomic E-state index is 13.1. The number of sulfonamides is 1. The average Bonchev–Trinajstić information content (AvgIpc) is 2.25. The van der Waals surface area contributed by atoms with Gasteiger partial charge in [-0.05, 0) is 58.6 Å². The van der Waals surface area contributed by atoms with Gasteiger partial charge < -0.3 is 0 Å². The normalized spacial score (nSPS) is 24.9. The van der Waals surface area contributed by atoms with Crippen LogP contribution in [0, 0.1) is 20.8 Å². The second kappa shape index (κ2) is 5.49. The van der Waals surface area contributed by atoms with Crippen LogP contribution in [-0.4, -0.2) is 24.8 Å². The van der Waals surface area contributed by atoms with Gasteiger partial charge in [0.2, 0.25) is 10.0 Å². The predicted octanol–water partition coefficient (Wildman–Crippen LogP) is 3.56. The molecule has 0 aliphatic carbocycles. The zero-order valence-corrected chi connectivity index (χ0v) is 13.9. The highest BCUT2D eigenvalue weighted by molar-refractivity contribution is 7.89. The van der Waals surface area contributed by atoms with E-state index in [-0.39, 0.29) is 12.1 Å². The summed E-state index contributed by atoms with van der Waals surface area (Å²) in [6, 6.07) is 4.09. The number of rotatable bonds is 2. The van der Waals surface area contributed by atoms with Crippen molar-refractivity contribution in [2.45, 2.75) is 70.9 Å². The van der Waals surface area contributed by atoms with Crippen molar-refractivity contribution in [1.82, 2.24) is 4.31 Å². The Kier molecular flexibility index (Phi) is 4.26. The monoisotopic (exact) mass is 295 g/mol. The molecule has 0 saturated carbocycles. The van der Waals surface area contributed by atoms with Crippen LogP contribution in [0.25, 0.3) is 0 Å². The van der Waals surface area contributed by atoms with Crippen molar-refractivity contribution >= 4 is 10.0 Å². The lowest BCUT2D eigenvalue weighted by Gasteiger charge is -2.38. The average molecular weight is 295 g/mol. The first-order valence-corrected chi connectivity index (χ1v) is 8.80. The van der Waals surface area contributed by atoms with Crippen LogP contribution in [0.4, 0.5) is 0 Å². The first kappa shape index (κ1) is 15.5. The van der Waals surface area contributed by atoms with E-state index in [4.69, 9.17) is 0 Å². The van der Waals surface area contributed by atoms with E-state index in [1.807, 2.05) is 46.8 Å². The predicted molar refractivity (Wildman–Crippen MR) is 82.5 cm³/mol. The molecule has 2 atom stereocenters. The van der Waals surface area contributed by atoms with Gasteiger partial charge in [0.1, 0.15) is 0 Å². The molecule has 20 heavy (non-hydrogen) atoms. The van der Waals surface area contributed by atoms with Crippen molar-refractivity contribution in [2.75, 3.05) is 0 Å². The molecule has 1 aliphatic rings. The quantitative estimate of drug-likeness (QED) is 0.836. The lowest BCUT2D eigenvalue weighted by molar-refractivity contribution is 0.204. The molecule has 0 radical (unpaired) electrons. The lowest BCUT2D eigenvalue weighted by Crippen LogP contribution is -2.47. The smallest absolute Gasteiger partial charge is 0.207 e. The van der Waals surface area contributed by atoms with Crippen molar-refractivity contribution < 1.29 is 8.42 Å². The first-order chi connectivity index (χ1) is 9.25. The number of nitrogens with zero attached hydrogens (tertiary/aromatic N) is 1. The third-order valence-electron chi connectivity index (χ3n) is 4.25. The minimum atomic E-state index is -3.41. The van der Waals surface area contributed by atoms with E-state index in [0.29, 0.717) is 4.90 Å². The summed E-state index contributed by atoms with van der Waals surface area (Å²) in [6.07, 6.45) is 3.02. The summed E-state index contributed by atoms with van der Waals surface area (Å²) in [6.45, 7) is 9.83. The van der Waals surface area contributed by atoms with Crippen molar-refractivity contribution in [3.05, 3.63) is 28.8 Å². The van der Waals surface area contributed by atoms with Crippen LogP contribution in [-0.2, 0) is 10.0 Å². The van der Waals surface area contributed by atoms with E-state index in [1.54, 1.807) is 4.31 Å². The fourth-order valence-corrected chi connectivity index (χ4v) is 5.85. The van der Waals surface area contributed by atoms with E-state index in [1.165, 1.54) is 0 Å². The van der Waals surface area contributed by atoms with Crippen LogP contribution < -0.4 is 0 Å². The molecule has 0 amide bonds. The van der Waals surface area contributed by atoms with Gasteiger partial charge in [-0.2, -0.15) is 4.31 Å². The zero-order valence-electron chi connectivity index (χ0n) is 13.1. The summed E-state index contributed by atoms with van der Waals surface area (Å²) in [4.78, 5) is 0.503. The molecule has 0 N–H and O–H groups in total. The molecule has 2 rings (SSSR count). The molecule has 2 unspecified atom stereocenters. The largest absolute Gasteiger partial charge is 0.244 e. The summed E-state index contributed by atoms with van der Waals surface area (Å²) in [5.41, 5.74) is 2.82. The number of piperidine rings is 1. The van der Waals surface area contributed by atoms with Crippen LogP contribution in [0.2, 0.25) is 0 Å². The number of benzene rings is 1. The van der Waals surface area contributed by atoms with Crippen LogP contribution in [0.5, 0.6) is 0 Å². The van der Waals surface area contributed by atoms with Gasteiger partial charge in [-0.1, -0.05) is 24.1 Å². The van der Waals surface area contributed by atoms with Crippen molar-refractivity contribution in [3.63, 3.8) is 0 Å². The fourth-order valence-electron chi connectivity index (χ4n) is 3.55. The first-order valence-electron chi connectivity index (χ1n) is 7.36. The summed E-state index contributed by atoms with van der Waals surface area (Å²) in [7, 11) is -3.41. The molecule has 0 spiro atoms. The molecule has 0 aromatic heterocycles. The molecule has 1 aromatic rings. The lowest BCUT2D eigenvalue weighted by atomic mass is 10.0. The number of aryl methyl sites for hydroxylation is 3. The Morgan fingerprint density at radius 2 is 1.45 bits per heavy atom. The Morgan fingerprint density at radius 3 is 1.90 bits per heavy atom. The number of hydrogen-bond acceptors (Lipinski definition) is 2. The topological polar surface area (TPSA) is 37.4 Å². The van der Waals surface area contributed by atoms with Gasteiger partial charge in [-0.15, -0.1) is 0 Å². The van der Waals surface area contributed by atoms with Crippen LogP contribution in [0.3, 0.4) is 0 Å². The van der Waals surface area contributed by atoms with E-state index in [2.05, 4.69) is 0 Å². The Morgan fingerprint density at radius 1 is 1.00 bits per heavy atom. The third-order valence-corrected chi connectivity index (χ3v) is 6.69. The molecule has 1 heterocycles. The van der Waals surface area contributed by atoms with Gasteiger partial charge in [0.15, 0.2) is 0 Å². The maximum Gasteiger partial charge on any atom is 0.244 e. The van der Waals surface area contributed by atoms with E-state index in [9.17, 15) is 8.42 Å².